The zero-order chi connectivity index (χ0) is 24.2. The molecule has 0 aromatic heterocycles. The lowest BCUT2D eigenvalue weighted by Gasteiger charge is -2.39. The van der Waals surface area contributed by atoms with Gasteiger partial charge >= 0.3 is 0 Å². The Labute approximate surface area is 208 Å². The van der Waals surface area contributed by atoms with Gasteiger partial charge in [-0.05, 0) is 30.9 Å². The molecule has 2 saturated heterocycles. The van der Waals surface area contributed by atoms with Crippen LogP contribution >= 0.6 is 0 Å². The van der Waals surface area contributed by atoms with Crippen molar-refractivity contribution in [3.05, 3.63) is 83.4 Å². The molecule has 3 aliphatic rings. The molecule has 0 radical (unpaired) electrons. The van der Waals surface area contributed by atoms with E-state index in [-0.39, 0.29) is 36.2 Å². The first-order valence-electron chi connectivity index (χ1n) is 12.6. The van der Waals surface area contributed by atoms with Gasteiger partial charge in [0.2, 0.25) is 11.8 Å². The van der Waals surface area contributed by atoms with Crippen LogP contribution in [0.4, 0.5) is 0 Å². The predicted molar refractivity (Wildman–Crippen MR) is 137 cm³/mol. The van der Waals surface area contributed by atoms with Gasteiger partial charge in [0.05, 0.1) is 31.0 Å². The van der Waals surface area contributed by atoms with Crippen molar-refractivity contribution in [3.8, 4) is 11.8 Å². The summed E-state index contributed by atoms with van der Waals surface area (Å²) < 4.78 is 0. The summed E-state index contributed by atoms with van der Waals surface area (Å²) in [6.45, 7) is 6.75. The Morgan fingerprint density at radius 3 is 2.00 bits per heavy atom. The van der Waals surface area contributed by atoms with Crippen LogP contribution in [0, 0.1) is 23.7 Å². The maximum absolute atomic E-state index is 12.7. The first-order chi connectivity index (χ1) is 17.1. The van der Waals surface area contributed by atoms with E-state index in [4.69, 9.17) is 0 Å². The smallest absolute Gasteiger partial charge is 0.234 e. The van der Waals surface area contributed by atoms with Gasteiger partial charge < -0.3 is 0 Å². The number of piperazine rings is 1. The van der Waals surface area contributed by atoms with Crippen molar-refractivity contribution < 1.29 is 9.59 Å². The molecule has 0 spiro atoms. The normalized spacial score (nSPS) is 23.1. The molecular formula is C30H33N3O2. The number of fused-ring (bicyclic) bond motifs is 1. The minimum absolute atomic E-state index is 0.0387. The molecule has 180 valence electrons. The summed E-state index contributed by atoms with van der Waals surface area (Å²) in [4.78, 5) is 31.7. The van der Waals surface area contributed by atoms with Gasteiger partial charge in [0.15, 0.2) is 0 Å². The van der Waals surface area contributed by atoms with Crippen LogP contribution in [-0.4, -0.2) is 65.8 Å². The first-order valence-corrected chi connectivity index (χ1v) is 12.6. The third kappa shape index (κ3) is 5.10. The molecule has 0 unspecified atom stereocenters. The van der Waals surface area contributed by atoms with E-state index in [1.165, 1.54) is 21.6 Å². The number of allylic oxidation sites excluding steroid dienone is 2. The number of imide groups is 1. The van der Waals surface area contributed by atoms with Crippen molar-refractivity contribution in [2.75, 3.05) is 39.3 Å². The highest BCUT2D eigenvalue weighted by molar-refractivity contribution is 6.05. The number of amides is 2. The molecule has 5 heteroatoms. The number of carbonyl (C=O) groups is 2. The molecular weight excluding hydrogens is 434 g/mol. The van der Waals surface area contributed by atoms with E-state index in [2.05, 4.69) is 88.4 Å². The van der Waals surface area contributed by atoms with E-state index >= 15 is 0 Å². The Kier molecular flexibility index (Phi) is 7.13. The number of benzene rings is 2. The molecule has 2 aliphatic heterocycles. The first kappa shape index (κ1) is 23.5. The molecule has 2 aromatic carbocycles. The van der Waals surface area contributed by atoms with E-state index in [1.54, 1.807) is 0 Å². The van der Waals surface area contributed by atoms with Gasteiger partial charge in [-0.15, -0.1) is 0 Å². The van der Waals surface area contributed by atoms with Crippen LogP contribution in [0.15, 0.2) is 72.3 Å². The summed E-state index contributed by atoms with van der Waals surface area (Å²) in [6, 6.07) is 21.7. The average molecular weight is 468 g/mol. The lowest BCUT2D eigenvalue weighted by molar-refractivity contribution is -0.139. The van der Waals surface area contributed by atoms with Crippen LogP contribution < -0.4 is 0 Å². The van der Waals surface area contributed by atoms with Gasteiger partial charge in [-0.2, -0.15) is 0 Å². The van der Waals surface area contributed by atoms with Gasteiger partial charge in [0, 0.05) is 26.2 Å². The number of nitrogens with zero attached hydrogens (tertiary/aromatic N) is 3. The molecule has 0 bridgehead atoms. The number of likely N-dealkylation sites (tertiary alicyclic amines) is 1. The molecule has 2 amide bonds. The Balaban J connectivity index is 1.16. The summed E-state index contributed by atoms with van der Waals surface area (Å²) >= 11 is 0. The topological polar surface area (TPSA) is 43.9 Å². The quantitative estimate of drug-likeness (QED) is 0.382. The molecule has 2 heterocycles. The zero-order valence-electron chi connectivity index (χ0n) is 20.4. The Bertz CT molecular complexity index is 1100. The van der Waals surface area contributed by atoms with Crippen LogP contribution in [0.2, 0.25) is 0 Å². The van der Waals surface area contributed by atoms with Crippen molar-refractivity contribution >= 4 is 11.8 Å². The van der Waals surface area contributed by atoms with Crippen molar-refractivity contribution in [2.45, 2.75) is 25.8 Å². The predicted octanol–water partition coefficient (Wildman–Crippen LogP) is 3.74. The van der Waals surface area contributed by atoms with Crippen LogP contribution in [0.3, 0.4) is 0 Å². The highest BCUT2D eigenvalue weighted by atomic mass is 16.2. The molecule has 5 nitrogen and oxygen atoms in total. The molecule has 0 saturated carbocycles. The maximum Gasteiger partial charge on any atom is 0.234 e. The SMILES string of the molecule is CC1=CC[C@@H]2C(=O)N(CC#CCN3CCN(C(c4ccccc4)c4ccccc4)CC3)C(=O)[C@H]2C1. The summed E-state index contributed by atoms with van der Waals surface area (Å²) in [5.41, 5.74) is 3.84. The number of hydrogen-bond acceptors (Lipinski definition) is 4. The van der Waals surface area contributed by atoms with Gasteiger partial charge in [0.1, 0.15) is 0 Å². The van der Waals surface area contributed by atoms with Gasteiger partial charge in [0.25, 0.3) is 0 Å². The fraction of sp³-hybridized carbons (Fsp3) is 0.400. The summed E-state index contributed by atoms with van der Waals surface area (Å²) in [5, 5.41) is 0. The largest absolute Gasteiger partial charge is 0.290 e. The lowest BCUT2D eigenvalue weighted by Crippen LogP contribution is -2.47. The molecule has 2 fully saturated rings. The van der Waals surface area contributed by atoms with E-state index in [9.17, 15) is 9.59 Å². The zero-order valence-corrected chi connectivity index (χ0v) is 20.4. The minimum Gasteiger partial charge on any atom is -0.290 e. The molecule has 2 aromatic rings. The summed E-state index contributed by atoms with van der Waals surface area (Å²) in [5.74, 6) is 5.89. The molecule has 0 N–H and O–H groups in total. The minimum atomic E-state index is -0.178. The monoisotopic (exact) mass is 467 g/mol. The van der Waals surface area contributed by atoms with E-state index in [0.29, 0.717) is 19.4 Å². The fourth-order valence-corrected chi connectivity index (χ4v) is 5.63. The fourth-order valence-electron chi connectivity index (χ4n) is 5.63. The Hall–Kier alpha value is -3.20. The van der Waals surface area contributed by atoms with Gasteiger partial charge in [-0.1, -0.05) is 84.2 Å². The van der Waals surface area contributed by atoms with E-state index in [0.717, 1.165) is 26.2 Å². The van der Waals surface area contributed by atoms with Crippen LogP contribution in [0.25, 0.3) is 0 Å². The maximum atomic E-state index is 12.7. The summed E-state index contributed by atoms with van der Waals surface area (Å²) in [6.07, 6.45) is 3.49. The van der Waals surface area contributed by atoms with Crippen LogP contribution in [-0.2, 0) is 9.59 Å². The van der Waals surface area contributed by atoms with Gasteiger partial charge in [-0.25, -0.2) is 0 Å². The lowest BCUT2D eigenvalue weighted by atomic mass is 9.82. The number of carbonyl (C=O) groups excluding carboxylic acids is 2. The average Bonchev–Trinajstić information content (AvgIpc) is 3.13. The van der Waals surface area contributed by atoms with Crippen molar-refractivity contribution in [1.29, 1.82) is 0 Å². The standard InChI is InChI=1S/C30H33N3O2/c1-23-14-15-26-27(22-23)30(35)33(29(26)34)17-9-8-16-31-18-20-32(21-19-31)28(24-10-4-2-5-11-24)25-12-6-3-7-13-25/h2-7,10-14,26-28H,15-22H2,1H3/t26-,27-/m0/s1. The molecule has 2 atom stereocenters. The third-order valence-corrected chi connectivity index (χ3v) is 7.58. The van der Waals surface area contributed by atoms with E-state index < -0.39 is 0 Å². The number of rotatable bonds is 5. The molecule has 5 rings (SSSR count). The second-order valence-corrected chi connectivity index (χ2v) is 9.86. The Morgan fingerprint density at radius 2 is 1.37 bits per heavy atom. The number of hydrogen-bond donors (Lipinski definition) is 0. The van der Waals surface area contributed by atoms with Crippen molar-refractivity contribution in [2.24, 2.45) is 11.8 Å². The second kappa shape index (κ2) is 10.6. The van der Waals surface area contributed by atoms with Crippen LogP contribution in [0.1, 0.15) is 36.9 Å². The molecule has 35 heavy (non-hydrogen) atoms. The van der Waals surface area contributed by atoms with E-state index in [1.807, 2.05) is 6.92 Å². The second-order valence-electron chi connectivity index (χ2n) is 9.86. The van der Waals surface area contributed by atoms with Gasteiger partial charge in [-0.3, -0.25) is 24.3 Å². The van der Waals surface area contributed by atoms with Crippen molar-refractivity contribution in [1.82, 2.24) is 14.7 Å². The summed E-state index contributed by atoms with van der Waals surface area (Å²) in [7, 11) is 0. The van der Waals surface area contributed by atoms with Crippen molar-refractivity contribution in [3.63, 3.8) is 0 Å². The highest BCUT2D eigenvalue weighted by Crippen LogP contribution is 2.37. The molecule has 1 aliphatic carbocycles. The van der Waals surface area contributed by atoms with Crippen LogP contribution in [0.5, 0.6) is 0 Å². The third-order valence-electron chi connectivity index (χ3n) is 7.58. The highest BCUT2D eigenvalue weighted by Gasteiger charge is 2.47. The Morgan fingerprint density at radius 1 is 0.800 bits per heavy atom.